The number of carbonyl (C=O) groups is 2. The first-order chi connectivity index (χ1) is 12.6. The minimum absolute atomic E-state index is 0.0929. The molecule has 1 aromatic carbocycles. The molecule has 4 rings (SSSR count). The van der Waals surface area contributed by atoms with Crippen LogP contribution in [-0.2, 0) is 0 Å². The SMILES string of the molecule is O=C(N[C@H](c1cccs1)C1CC(O)C1)c1cccc(N2CCNC2=O)c1. The van der Waals surface area contributed by atoms with Crippen molar-refractivity contribution in [2.75, 3.05) is 18.0 Å². The smallest absolute Gasteiger partial charge is 0.321 e. The summed E-state index contributed by atoms with van der Waals surface area (Å²) < 4.78 is 0. The van der Waals surface area contributed by atoms with Gasteiger partial charge in [-0.1, -0.05) is 12.1 Å². The molecule has 0 spiro atoms. The maximum absolute atomic E-state index is 12.8. The Morgan fingerprint density at radius 1 is 1.31 bits per heavy atom. The van der Waals surface area contributed by atoms with E-state index in [2.05, 4.69) is 10.6 Å². The highest BCUT2D eigenvalue weighted by Gasteiger charge is 2.36. The van der Waals surface area contributed by atoms with Crippen molar-refractivity contribution in [1.29, 1.82) is 0 Å². The minimum atomic E-state index is -0.267. The van der Waals surface area contributed by atoms with E-state index in [1.54, 1.807) is 34.4 Å². The van der Waals surface area contributed by atoms with Gasteiger partial charge in [-0.25, -0.2) is 4.79 Å². The molecule has 0 bridgehead atoms. The number of anilines is 1. The molecule has 26 heavy (non-hydrogen) atoms. The van der Waals surface area contributed by atoms with Crippen molar-refractivity contribution >= 4 is 29.0 Å². The number of carbonyl (C=O) groups excluding carboxylic acids is 2. The Labute approximate surface area is 155 Å². The number of hydrogen-bond donors (Lipinski definition) is 3. The zero-order valence-corrected chi connectivity index (χ0v) is 15.0. The van der Waals surface area contributed by atoms with E-state index in [1.165, 1.54) is 0 Å². The first-order valence-corrected chi connectivity index (χ1v) is 9.67. The highest BCUT2D eigenvalue weighted by atomic mass is 32.1. The summed E-state index contributed by atoms with van der Waals surface area (Å²) in [5.41, 5.74) is 1.25. The average molecular weight is 371 g/mol. The van der Waals surface area contributed by atoms with Crippen molar-refractivity contribution in [3.8, 4) is 0 Å². The van der Waals surface area contributed by atoms with Crippen molar-refractivity contribution in [1.82, 2.24) is 10.6 Å². The van der Waals surface area contributed by atoms with Crippen molar-refractivity contribution in [2.24, 2.45) is 5.92 Å². The lowest BCUT2D eigenvalue weighted by molar-refractivity contribution is 0.0241. The van der Waals surface area contributed by atoms with Gasteiger partial charge in [-0.3, -0.25) is 9.69 Å². The second kappa shape index (κ2) is 7.09. The van der Waals surface area contributed by atoms with Gasteiger partial charge in [0.05, 0.1) is 12.1 Å². The predicted molar refractivity (Wildman–Crippen MR) is 100 cm³/mol. The van der Waals surface area contributed by atoms with Gasteiger partial charge in [-0.05, 0) is 48.4 Å². The van der Waals surface area contributed by atoms with Crippen LogP contribution in [0.1, 0.15) is 34.1 Å². The Bertz CT molecular complexity index is 802. The van der Waals surface area contributed by atoms with Crippen molar-refractivity contribution in [3.05, 3.63) is 52.2 Å². The number of thiophene rings is 1. The van der Waals surface area contributed by atoms with E-state index in [9.17, 15) is 14.7 Å². The number of hydrogen-bond acceptors (Lipinski definition) is 4. The maximum atomic E-state index is 12.8. The van der Waals surface area contributed by atoms with Crippen molar-refractivity contribution in [2.45, 2.75) is 25.0 Å². The van der Waals surface area contributed by atoms with Crippen LogP contribution in [0.5, 0.6) is 0 Å². The third-order valence-corrected chi connectivity index (χ3v) is 5.99. The second-order valence-corrected chi connectivity index (χ2v) is 7.77. The van der Waals surface area contributed by atoms with Crippen LogP contribution in [-0.4, -0.2) is 36.2 Å². The second-order valence-electron chi connectivity index (χ2n) is 6.79. The largest absolute Gasteiger partial charge is 0.393 e. The summed E-state index contributed by atoms with van der Waals surface area (Å²) in [6.07, 6.45) is 1.14. The van der Waals surface area contributed by atoms with Gasteiger partial charge in [0.1, 0.15) is 0 Å². The topological polar surface area (TPSA) is 81.7 Å². The van der Waals surface area contributed by atoms with Gasteiger partial charge in [0.2, 0.25) is 0 Å². The van der Waals surface area contributed by atoms with Gasteiger partial charge in [0, 0.05) is 29.2 Å². The highest BCUT2D eigenvalue weighted by Crippen LogP contribution is 2.39. The summed E-state index contributed by atoms with van der Waals surface area (Å²) in [4.78, 5) is 27.4. The zero-order chi connectivity index (χ0) is 18.1. The molecule has 1 atom stereocenters. The fourth-order valence-corrected chi connectivity index (χ4v) is 4.42. The van der Waals surface area contributed by atoms with Crippen LogP contribution in [0.25, 0.3) is 0 Å². The van der Waals surface area contributed by atoms with Crippen LogP contribution in [0.2, 0.25) is 0 Å². The molecule has 136 valence electrons. The van der Waals surface area contributed by atoms with E-state index in [1.807, 2.05) is 23.6 Å². The number of aliphatic hydroxyl groups excluding tert-OH is 1. The summed E-state index contributed by atoms with van der Waals surface area (Å²) in [7, 11) is 0. The fraction of sp³-hybridized carbons (Fsp3) is 0.368. The molecule has 0 unspecified atom stereocenters. The van der Waals surface area contributed by atoms with E-state index in [4.69, 9.17) is 0 Å². The Morgan fingerprint density at radius 3 is 2.81 bits per heavy atom. The zero-order valence-electron chi connectivity index (χ0n) is 14.2. The standard InChI is InChI=1S/C19H21N3O3S/c23-15-10-13(11-15)17(16-5-2-8-26-16)21-18(24)12-3-1-4-14(9-12)22-7-6-20-19(22)25/h1-5,8-9,13,15,17,23H,6-7,10-11H2,(H,20,25)(H,21,24)/t13?,15?,17-/m0/s1. The Balaban J connectivity index is 1.52. The summed E-state index contributed by atoms with van der Waals surface area (Å²) in [6, 6.07) is 10.9. The van der Waals surface area contributed by atoms with Gasteiger partial charge in [-0.2, -0.15) is 0 Å². The number of benzene rings is 1. The molecular weight excluding hydrogens is 350 g/mol. The van der Waals surface area contributed by atoms with Gasteiger partial charge in [-0.15, -0.1) is 11.3 Å². The van der Waals surface area contributed by atoms with Gasteiger partial charge < -0.3 is 15.7 Å². The minimum Gasteiger partial charge on any atom is -0.393 e. The first-order valence-electron chi connectivity index (χ1n) is 8.79. The fourth-order valence-electron chi connectivity index (χ4n) is 3.55. The molecule has 1 aliphatic heterocycles. The Hall–Kier alpha value is -2.38. The quantitative estimate of drug-likeness (QED) is 0.755. The summed E-state index contributed by atoms with van der Waals surface area (Å²) in [5, 5.41) is 17.5. The number of nitrogens with zero attached hydrogens (tertiary/aromatic N) is 1. The molecule has 1 aromatic heterocycles. The van der Waals surface area contributed by atoms with Gasteiger partial charge >= 0.3 is 6.03 Å². The summed E-state index contributed by atoms with van der Waals surface area (Å²) in [6.45, 7) is 1.21. The number of nitrogens with one attached hydrogen (secondary N) is 2. The van der Waals surface area contributed by atoms with Crippen LogP contribution >= 0.6 is 11.3 Å². The van der Waals surface area contributed by atoms with Crippen LogP contribution in [0.3, 0.4) is 0 Å². The monoisotopic (exact) mass is 371 g/mol. The third kappa shape index (κ3) is 3.32. The van der Waals surface area contributed by atoms with E-state index < -0.39 is 0 Å². The van der Waals surface area contributed by atoms with E-state index >= 15 is 0 Å². The molecule has 0 radical (unpaired) electrons. The molecule has 1 saturated heterocycles. The van der Waals surface area contributed by atoms with Crippen LogP contribution in [0.4, 0.5) is 10.5 Å². The molecular formula is C19H21N3O3S. The lowest BCUT2D eigenvalue weighted by Crippen LogP contribution is -2.41. The number of rotatable bonds is 5. The first kappa shape index (κ1) is 17.1. The van der Waals surface area contributed by atoms with Gasteiger partial charge in [0.15, 0.2) is 0 Å². The van der Waals surface area contributed by atoms with E-state index in [0.717, 1.165) is 10.6 Å². The average Bonchev–Trinajstić information content (AvgIpc) is 3.29. The molecule has 1 aliphatic carbocycles. The van der Waals surface area contributed by atoms with Crippen LogP contribution in [0.15, 0.2) is 41.8 Å². The molecule has 6 nitrogen and oxygen atoms in total. The lowest BCUT2D eigenvalue weighted by Gasteiger charge is -2.37. The predicted octanol–water partition coefficient (Wildman–Crippen LogP) is 2.52. The maximum Gasteiger partial charge on any atom is 0.321 e. The molecule has 2 fully saturated rings. The molecule has 2 aliphatic rings. The normalized spacial score (nSPS) is 23.3. The summed E-state index contributed by atoms with van der Waals surface area (Å²) in [5.74, 6) is 0.0892. The van der Waals surface area contributed by atoms with Crippen LogP contribution in [0, 0.1) is 5.92 Å². The van der Waals surface area contributed by atoms with Crippen molar-refractivity contribution in [3.63, 3.8) is 0 Å². The van der Waals surface area contributed by atoms with Crippen molar-refractivity contribution < 1.29 is 14.7 Å². The molecule has 1 saturated carbocycles. The molecule has 3 N–H and O–H groups in total. The van der Waals surface area contributed by atoms with E-state index in [-0.39, 0.29) is 30.0 Å². The molecule has 3 amide bonds. The number of aliphatic hydroxyl groups is 1. The molecule has 7 heteroatoms. The third-order valence-electron chi connectivity index (χ3n) is 5.03. The lowest BCUT2D eigenvalue weighted by atomic mass is 9.76. The molecule has 2 aromatic rings. The Kier molecular flexibility index (Phi) is 4.65. The van der Waals surface area contributed by atoms with Gasteiger partial charge in [0.25, 0.3) is 5.91 Å². The Morgan fingerprint density at radius 2 is 2.15 bits per heavy atom. The summed E-state index contributed by atoms with van der Waals surface area (Å²) >= 11 is 1.61. The molecule has 2 heterocycles. The number of amides is 3. The van der Waals surface area contributed by atoms with E-state index in [0.29, 0.717) is 31.5 Å². The van der Waals surface area contributed by atoms with Crippen LogP contribution < -0.4 is 15.5 Å². The number of urea groups is 1. The highest BCUT2D eigenvalue weighted by molar-refractivity contribution is 7.10.